The van der Waals surface area contributed by atoms with Crippen molar-refractivity contribution >= 4 is 22.7 Å². The van der Waals surface area contributed by atoms with Crippen molar-refractivity contribution in [3.8, 4) is 11.1 Å². The van der Waals surface area contributed by atoms with Gasteiger partial charge in [0, 0.05) is 22.7 Å². The average Bonchev–Trinajstić information content (AvgIpc) is 3.02. The van der Waals surface area contributed by atoms with Gasteiger partial charge >= 0.3 is 0 Å². The highest BCUT2D eigenvalue weighted by Crippen LogP contribution is 2.29. The number of carbonyl (C=O) groups excluding carboxylic acids is 1. The zero-order valence-corrected chi connectivity index (χ0v) is 15.4. The van der Waals surface area contributed by atoms with Gasteiger partial charge in [-0.3, -0.25) is 4.79 Å². The lowest BCUT2D eigenvalue weighted by Crippen LogP contribution is -2.14. The molecule has 0 atom stereocenters. The zero-order valence-electron chi connectivity index (χ0n) is 15.4. The van der Waals surface area contributed by atoms with Crippen molar-refractivity contribution in [2.75, 3.05) is 5.32 Å². The van der Waals surface area contributed by atoms with E-state index in [2.05, 4.69) is 28.4 Å². The number of aryl methyl sites for hydroxylation is 3. The summed E-state index contributed by atoms with van der Waals surface area (Å²) in [4.78, 5) is 16.8. The molecule has 27 heavy (non-hydrogen) atoms. The number of pyridine rings is 1. The SMILES string of the molecule is Cc1ccccc1C(=O)Nc1ccc(-c2cc3onc(C)c3cc2C)cn1. The van der Waals surface area contributed by atoms with Gasteiger partial charge in [-0.05, 0) is 67.8 Å². The van der Waals surface area contributed by atoms with E-state index in [4.69, 9.17) is 4.52 Å². The molecule has 0 aliphatic carbocycles. The van der Waals surface area contributed by atoms with Crippen LogP contribution in [0.25, 0.3) is 22.1 Å². The van der Waals surface area contributed by atoms with Crippen molar-refractivity contribution in [2.45, 2.75) is 20.8 Å². The molecule has 2 aromatic carbocycles. The largest absolute Gasteiger partial charge is 0.356 e. The summed E-state index contributed by atoms with van der Waals surface area (Å²) in [7, 11) is 0. The summed E-state index contributed by atoms with van der Waals surface area (Å²) < 4.78 is 5.37. The number of fused-ring (bicyclic) bond motifs is 1. The third-order valence-electron chi connectivity index (χ3n) is 4.70. The second-order valence-corrected chi connectivity index (χ2v) is 6.63. The lowest BCUT2D eigenvalue weighted by Gasteiger charge is -2.09. The van der Waals surface area contributed by atoms with Crippen LogP contribution in [-0.4, -0.2) is 16.0 Å². The van der Waals surface area contributed by atoms with Crippen molar-refractivity contribution in [3.63, 3.8) is 0 Å². The summed E-state index contributed by atoms with van der Waals surface area (Å²) in [6, 6.07) is 15.3. The van der Waals surface area contributed by atoms with Crippen LogP contribution in [0.2, 0.25) is 0 Å². The molecule has 2 heterocycles. The minimum absolute atomic E-state index is 0.164. The smallest absolute Gasteiger partial charge is 0.257 e. The molecule has 0 unspecified atom stereocenters. The van der Waals surface area contributed by atoms with Crippen LogP contribution >= 0.6 is 0 Å². The van der Waals surface area contributed by atoms with Crippen LogP contribution in [0.15, 0.2) is 59.3 Å². The number of nitrogens with zero attached hydrogens (tertiary/aromatic N) is 2. The Morgan fingerprint density at radius 2 is 1.81 bits per heavy atom. The molecular weight excluding hydrogens is 338 g/mol. The van der Waals surface area contributed by atoms with Gasteiger partial charge in [0.25, 0.3) is 5.91 Å². The predicted octanol–water partition coefficient (Wildman–Crippen LogP) is 5.07. The second kappa shape index (κ2) is 6.68. The normalized spacial score (nSPS) is 10.9. The first kappa shape index (κ1) is 17.0. The lowest BCUT2D eigenvalue weighted by molar-refractivity contribution is 0.102. The summed E-state index contributed by atoms with van der Waals surface area (Å²) in [6.45, 7) is 5.89. The van der Waals surface area contributed by atoms with Gasteiger partial charge in [0.15, 0.2) is 5.58 Å². The van der Waals surface area contributed by atoms with E-state index >= 15 is 0 Å². The fraction of sp³-hybridized carbons (Fsp3) is 0.136. The molecule has 134 valence electrons. The fourth-order valence-corrected chi connectivity index (χ4v) is 3.16. The Balaban J connectivity index is 1.60. The zero-order chi connectivity index (χ0) is 19.0. The molecule has 1 amide bonds. The highest BCUT2D eigenvalue weighted by atomic mass is 16.5. The Morgan fingerprint density at radius 1 is 1.00 bits per heavy atom. The van der Waals surface area contributed by atoms with Crippen molar-refractivity contribution < 1.29 is 9.32 Å². The molecular formula is C22H19N3O2. The highest BCUT2D eigenvalue weighted by molar-refractivity contribution is 6.04. The van der Waals surface area contributed by atoms with E-state index in [1.807, 2.05) is 44.2 Å². The summed E-state index contributed by atoms with van der Waals surface area (Å²) in [6.07, 6.45) is 1.75. The average molecular weight is 357 g/mol. The molecule has 1 N–H and O–H groups in total. The molecule has 4 aromatic rings. The maximum atomic E-state index is 12.4. The van der Waals surface area contributed by atoms with E-state index in [1.54, 1.807) is 18.3 Å². The van der Waals surface area contributed by atoms with Crippen molar-refractivity contribution in [1.29, 1.82) is 0 Å². The van der Waals surface area contributed by atoms with Gasteiger partial charge < -0.3 is 9.84 Å². The number of carbonyl (C=O) groups is 1. The van der Waals surface area contributed by atoms with Crippen LogP contribution in [0, 0.1) is 20.8 Å². The maximum Gasteiger partial charge on any atom is 0.257 e. The van der Waals surface area contributed by atoms with Crippen LogP contribution in [0.4, 0.5) is 5.82 Å². The van der Waals surface area contributed by atoms with Crippen LogP contribution in [0.5, 0.6) is 0 Å². The van der Waals surface area contributed by atoms with Gasteiger partial charge in [0.05, 0.1) is 5.69 Å². The third-order valence-corrected chi connectivity index (χ3v) is 4.70. The van der Waals surface area contributed by atoms with E-state index in [0.29, 0.717) is 11.4 Å². The predicted molar refractivity (Wildman–Crippen MR) is 106 cm³/mol. The summed E-state index contributed by atoms with van der Waals surface area (Å²) >= 11 is 0. The molecule has 5 nitrogen and oxygen atoms in total. The van der Waals surface area contributed by atoms with E-state index < -0.39 is 0 Å². The fourth-order valence-electron chi connectivity index (χ4n) is 3.16. The summed E-state index contributed by atoms with van der Waals surface area (Å²) in [5.74, 6) is 0.351. The van der Waals surface area contributed by atoms with Gasteiger partial charge in [-0.1, -0.05) is 23.4 Å². The molecule has 5 heteroatoms. The quantitative estimate of drug-likeness (QED) is 0.556. The minimum atomic E-state index is -0.164. The number of hydrogen-bond donors (Lipinski definition) is 1. The Morgan fingerprint density at radius 3 is 2.56 bits per heavy atom. The Hall–Kier alpha value is -3.47. The number of rotatable bonds is 3. The summed E-state index contributed by atoms with van der Waals surface area (Å²) in [5, 5.41) is 7.88. The molecule has 0 radical (unpaired) electrons. The van der Waals surface area contributed by atoms with Crippen LogP contribution < -0.4 is 5.32 Å². The molecule has 0 saturated heterocycles. The minimum Gasteiger partial charge on any atom is -0.356 e. The molecule has 0 saturated carbocycles. The van der Waals surface area contributed by atoms with Gasteiger partial charge in [-0.25, -0.2) is 4.98 Å². The number of nitrogens with one attached hydrogen (secondary N) is 1. The van der Waals surface area contributed by atoms with Gasteiger partial charge in [0.1, 0.15) is 5.82 Å². The Bertz CT molecular complexity index is 1140. The molecule has 0 bridgehead atoms. The molecule has 2 aromatic heterocycles. The first-order valence-electron chi connectivity index (χ1n) is 8.73. The van der Waals surface area contributed by atoms with Crippen LogP contribution in [0.1, 0.15) is 27.2 Å². The standard InChI is InChI=1S/C22H19N3O2/c1-13-6-4-5-7-17(13)22(26)24-21-9-8-16(12-23-21)18-11-20-19(10-14(18)2)15(3)25-27-20/h4-12H,1-3H3,(H,23,24,26). The number of benzene rings is 2. The van der Waals surface area contributed by atoms with E-state index in [9.17, 15) is 4.79 Å². The molecule has 0 spiro atoms. The summed E-state index contributed by atoms with van der Waals surface area (Å²) in [5.41, 5.74) is 6.31. The lowest BCUT2D eigenvalue weighted by atomic mass is 10.00. The molecule has 0 aliphatic rings. The van der Waals surface area contributed by atoms with Crippen LogP contribution in [0.3, 0.4) is 0 Å². The second-order valence-electron chi connectivity index (χ2n) is 6.63. The van der Waals surface area contributed by atoms with E-state index in [0.717, 1.165) is 38.9 Å². The van der Waals surface area contributed by atoms with E-state index in [-0.39, 0.29) is 5.91 Å². The van der Waals surface area contributed by atoms with Crippen molar-refractivity contribution in [1.82, 2.24) is 10.1 Å². The van der Waals surface area contributed by atoms with Crippen molar-refractivity contribution in [3.05, 3.63) is 77.1 Å². The molecule has 0 fully saturated rings. The van der Waals surface area contributed by atoms with Gasteiger partial charge in [0.2, 0.25) is 0 Å². The molecule has 0 aliphatic heterocycles. The maximum absolute atomic E-state index is 12.4. The van der Waals surface area contributed by atoms with Crippen LogP contribution in [-0.2, 0) is 0 Å². The number of amides is 1. The first-order valence-corrected chi connectivity index (χ1v) is 8.73. The third kappa shape index (κ3) is 3.19. The molecule has 4 rings (SSSR count). The Kier molecular flexibility index (Phi) is 4.20. The Labute approximate surface area is 157 Å². The van der Waals surface area contributed by atoms with Crippen molar-refractivity contribution in [2.24, 2.45) is 0 Å². The van der Waals surface area contributed by atoms with E-state index in [1.165, 1.54) is 0 Å². The monoisotopic (exact) mass is 357 g/mol. The highest BCUT2D eigenvalue weighted by Gasteiger charge is 2.12. The number of hydrogen-bond acceptors (Lipinski definition) is 4. The van der Waals surface area contributed by atoms with Gasteiger partial charge in [-0.2, -0.15) is 0 Å². The topological polar surface area (TPSA) is 68.0 Å². The number of aromatic nitrogens is 2. The first-order chi connectivity index (χ1) is 13.0. The number of anilines is 1. The van der Waals surface area contributed by atoms with Gasteiger partial charge in [-0.15, -0.1) is 0 Å².